The predicted molar refractivity (Wildman–Crippen MR) is 92.6 cm³/mol. The third-order valence-corrected chi connectivity index (χ3v) is 4.28. The first-order chi connectivity index (χ1) is 11.7. The number of anilines is 2. The van der Waals surface area contributed by atoms with Crippen molar-refractivity contribution in [3.63, 3.8) is 0 Å². The normalized spacial score (nSPS) is 16.0. The summed E-state index contributed by atoms with van der Waals surface area (Å²) in [4.78, 5) is 18.0. The molecule has 0 bridgehead atoms. The van der Waals surface area contributed by atoms with Gasteiger partial charge in [-0.15, -0.1) is 0 Å². The molecule has 124 valence electrons. The minimum Gasteiger partial charge on any atom is -0.383 e. The molecule has 1 fully saturated rings. The van der Waals surface area contributed by atoms with E-state index in [9.17, 15) is 0 Å². The van der Waals surface area contributed by atoms with Gasteiger partial charge in [-0.2, -0.15) is 10.1 Å². The van der Waals surface area contributed by atoms with Crippen molar-refractivity contribution in [3.05, 3.63) is 35.9 Å². The molecule has 3 heterocycles. The van der Waals surface area contributed by atoms with E-state index in [4.69, 9.17) is 5.73 Å². The van der Waals surface area contributed by atoms with Crippen LogP contribution in [0.5, 0.6) is 0 Å². The first-order valence-electron chi connectivity index (χ1n) is 8.06. The van der Waals surface area contributed by atoms with Gasteiger partial charge in [0.2, 0.25) is 5.95 Å². The molecule has 1 aliphatic rings. The number of piperazine rings is 1. The predicted octanol–water partition coefficient (Wildman–Crippen LogP) is 0.961. The van der Waals surface area contributed by atoms with E-state index in [1.54, 1.807) is 0 Å². The highest BCUT2D eigenvalue weighted by Gasteiger charge is 2.21. The van der Waals surface area contributed by atoms with Gasteiger partial charge in [-0.1, -0.05) is 12.1 Å². The van der Waals surface area contributed by atoms with Gasteiger partial charge in [-0.05, 0) is 19.1 Å². The molecule has 1 saturated heterocycles. The Morgan fingerprint density at radius 3 is 2.62 bits per heavy atom. The number of nitrogens with one attached hydrogen (secondary N) is 1. The average molecular weight is 324 g/mol. The molecule has 24 heavy (non-hydrogen) atoms. The van der Waals surface area contributed by atoms with E-state index in [1.165, 1.54) is 0 Å². The molecule has 0 aliphatic carbocycles. The number of hydrogen-bond acceptors (Lipinski definition) is 7. The fourth-order valence-electron chi connectivity index (χ4n) is 3.00. The van der Waals surface area contributed by atoms with Crippen molar-refractivity contribution in [1.82, 2.24) is 30.0 Å². The average Bonchev–Trinajstić information content (AvgIpc) is 3.00. The standard InChI is InChI=1S/C16H20N8/c1-11-18-14(22-21-11)10-23-6-8-24(9-7-23)16-19-13-5-3-2-4-12(13)15(17)20-16/h2-5H,6-10H2,1H3,(H2,17,19,20)(H,18,21,22). The van der Waals surface area contributed by atoms with Crippen LogP contribution in [0.25, 0.3) is 10.9 Å². The monoisotopic (exact) mass is 324 g/mol. The van der Waals surface area contributed by atoms with Gasteiger partial charge in [0.25, 0.3) is 0 Å². The third-order valence-electron chi connectivity index (χ3n) is 4.28. The number of aromatic nitrogens is 5. The maximum absolute atomic E-state index is 6.09. The van der Waals surface area contributed by atoms with Gasteiger partial charge in [-0.25, -0.2) is 9.97 Å². The lowest BCUT2D eigenvalue weighted by atomic mass is 10.2. The maximum atomic E-state index is 6.09. The van der Waals surface area contributed by atoms with Crippen LogP contribution in [-0.4, -0.2) is 56.2 Å². The van der Waals surface area contributed by atoms with Crippen LogP contribution in [0.15, 0.2) is 24.3 Å². The number of aryl methyl sites for hydroxylation is 1. The topological polar surface area (TPSA) is 99.8 Å². The number of para-hydroxylation sites is 1. The second kappa shape index (κ2) is 6.04. The Kier molecular flexibility index (Phi) is 3.73. The summed E-state index contributed by atoms with van der Waals surface area (Å²) in [6.07, 6.45) is 0. The van der Waals surface area contributed by atoms with Crippen LogP contribution in [0.2, 0.25) is 0 Å². The van der Waals surface area contributed by atoms with E-state index in [0.29, 0.717) is 11.8 Å². The van der Waals surface area contributed by atoms with Gasteiger partial charge < -0.3 is 10.6 Å². The Morgan fingerprint density at radius 1 is 1.08 bits per heavy atom. The van der Waals surface area contributed by atoms with E-state index in [1.807, 2.05) is 31.2 Å². The first-order valence-corrected chi connectivity index (χ1v) is 8.06. The van der Waals surface area contributed by atoms with E-state index in [0.717, 1.165) is 55.3 Å². The summed E-state index contributed by atoms with van der Waals surface area (Å²) < 4.78 is 0. The third kappa shape index (κ3) is 2.88. The molecular formula is C16H20N8. The van der Waals surface area contributed by atoms with E-state index < -0.39 is 0 Å². The molecule has 2 aromatic heterocycles. The summed E-state index contributed by atoms with van der Waals surface area (Å²) in [5.41, 5.74) is 6.97. The fourth-order valence-corrected chi connectivity index (χ4v) is 3.00. The van der Waals surface area contributed by atoms with Crippen molar-refractivity contribution in [2.24, 2.45) is 0 Å². The van der Waals surface area contributed by atoms with Gasteiger partial charge in [-0.3, -0.25) is 10.00 Å². The minimum absolute atomic E-state index is 0.536. The summed E-state index contributed by atoms with van der Waals surface area (Å²) in [6.45, 7) is 6.24. The molecule has 8 heteroatoms. The van der Waals surface area contributed by atoms with Crippen LogP contribution >= 0.6 is 0 Å². The first kappa shape index (κ1) is 14.8. The van der Waals surface area contributed by atoms with Gasteiger partial charge in [0.05, 0.1) is 12.1 Å². The molecule has 1 aromatic carbocycles. The summed E-state index contributed by atoms with van der Waals surface area (Å²) in [7, 11) is 0. The van der Waals surface area contributed by atoms with E-state index in [-0.39, 0.29) is 0 Å². The Balaban J connectivity index is 1.45. The molecule has 3 N–H and O–H groups in total. The van der Waals surface area contributed by atoms with Gasteiger partial charge in [0.1, 0.15) is 11.6 Å². The lowest BCUT2D eigenvalue weighted by Gasteiger charge is -2.34. The zero-order valence-corrected chi connectivity index (χ0v) is 13.6. The molecule has 0 amide bonds. The number of nitrogens with two attached hydrogens (primary N) is 1. The van der Waals surface area contributed by atoms with E-state index >= 15 is 0 Å². The van der Waals surface area contributed by atoms with Crippen molar-refractivity contribution in [2.75, 3.05) is 36.8 Å². The number of H-pyrrole nitrogens is 1. The number of nitrogen functional groups attached to an aromatic ring is 1. The molecule has 0 spiro atoms. The fraction of sp³-hybridized carbons (Fsp3) is 0.375. The Labute approximate surface area is 139 Å². The highest BCUT2D eigenvalue weighted by molar-refractivity contribution is 5.88. The highest BCUT2D eigenvalue weighted by atomic mass is 15.3. The number of aromatic amines is 1. The maximum Gasteiger partial charge on any atom is 0.227 e. The summed E-state index contributed by atoms with van der Waals surface area (Å²) in [5, 5.41) is 7.99. The minimum atomic E-state index is 0.536. The molecule has 8 nitrogen and oxygen atoms in total. The highest BCUT2D eigenvalue weighted by Crippen LogP contribution is 2.21. The molecule has 3 aromatic rings. The van der Waals surface area contributed by atoms with Gasteiger partial charge in [0.15, 0.2) is 5.82 Å². The quantitative estimate of drug-likeness (QED) is 0.740. The zero-order chi connectivity index (χ0) is 16.5. The van der Waals surface area contributed by atoms with Crippen molar-refractivity contribution in [1.29, 1.82) is 0 Å². The van der Waals surface area contributed by atoms with Gasteiger partial charge >= 0.3 is 0 Å². The summed E-state index contributed by atoms with van der Waals surface area (Å²) >= 11 is 0. The molecular weight excluding hydrogens is 304 g/mol. The molecule has 0 atom stereocenters. The number of nitrogens with zero attached hydrogens (tertiary/aromatic N) is 6. The summed E-state index contributed by atoms with van der Waals surface area (Å²) in [5.74, 6) is 2.93. The van der Waals surface area contributed by atoms with Crippen LogP contribution in [-0.2, 0) is 6.54 Å². The Hall–Kier alpha value is -2.74. The second-order valence-corrected chi connectivity index (χ2v) is 6.03. The van der Waals surface area contributed by atoms with Crippen LogP contribution < -0.4 is 10.6 Å². The molecule has 4 rings (SSSR count). The number of hydrogen-bond donors (Lipinski definition) is 2. The van der Waals surface area contributed by atoms with E-state index in [2.05, 4.69) is 34.9 Å². The molecule has 0 saturated carbocycles. The molecule has 0 radical (unpaired) electrons. The van der Waals surface area contributed by atoms with Crippen molar-refractivity contribution in [2.45, 2.75) is 13.5 Å². The molecule has 0 unspecified atom stereocenters. The smallest absolute Gasteiger partial charge is 0.227 e. The van der Waals surface area contributed by atoms with Crippen LogP contribution in [0.1, 0.15) is 11.6 Å². The lowest BCUT2D eigenvalue weighted by molar-refractivity contribution is 0.243. The largest absolute Gasteiger partial charge is 0.383 e. The van der Waals surface area contributed by atoms with Gasteiger partial charge in [0, 0.05) is 31.6 Å². The van der Waals surface area contributed by atoms with Crippen LogP contribution in [0, 0.1) is 6.92 Å². The lowest BCUT2D eigenvalue weighted by Crippen LogP contribution is -2.46. The number of fused-ring (bicyclic) bond motifs is 1. The zero-order valence-electron chi connectivity index (χ0n) is 13.6. The number of rotatable bonds is 3. The van der Waals surface area contributed by atoms with Crippen molar-refractivity contribution in [3.8, 4) is 0 Å². The second-order valence-electron chi connectivity index (χ2n) is 6.03. The number of benzene rings is 1. The Morgan fingerprint density at radius 2 is 1.88 bits per heavy atom. The van der Waals surface area contributed by atoms with Crippen LogP contribution in [0.3, 0.4) is 0 Å². The van der Waals surface area contributed by atoms with Crippen LogP contribution in [0.4, 0.5) is 11.8 Å². The SMILES string of the molecule is Cc1nc(CN2CCN(c3nc(N)c4ccccc4n3)CC2)n[nH]1. The molecule has 1 aliphatic heterocycles. The van der Waals surface area contributed by atoms with Crippen molar-refractivity contribution < 1.29 is 0 Å². The summed E-state index contributed by atoms with van der Waals surface area (Å²) in [6, 6.07) is 7.84. The Bertz CT molecular complexity index is 850. The van der Waals surface area contributed by atoms with Crippen molar-refractivity contribution >= 4 is 22.7 Å².